The lowest BCUT2D eigenvalue weighted by Crippen LogP contribution is -2.52. The van der Waals surface area contributed by atoms with Gasteiger partial charge in [0.25, 0.3) is 5.91 Å². The largest absolute Gasteiger partial charge is 0.325 e. The molecule has 1 saturated carbocycles. The van der Waals surface area contributed by atoms with Crippen molar-refractivity contribution in [2.45, 2.75) is 18.4 Å². The predicted octanol–water partition coefficient (Wildman–Crippen LogP) is -0.118. The van der Waals surface area contributed by atoms with Crippen molar-refractivity contribution < 1.29 is 9.59 Å². The van der Waals surface area contributed by atoms with Gasteiger partial charge in [0.05, 0.1) is 6.54 Å². The zero-order chi connectivity index (χ0) is 12.9. The standard InChI is InChI=1S/C13H17N3O2/c1-3-4-16-11(17)13(14-12(16)18)6-9-5-10(13)8-15(2)7-9/h1,9-10H,4-8H2,2H3,(H,14,18). The van der Waals surface area contributed by atoms with Crippen LogP contribution in [0.5, 0.6) is 0 Å². The Morgan fingerprint density at radius 2 is 2.28 bits per heavy atom. The van der Waals surface area contributed by atoms with Gasteiger partial charge in [-0.25, -0.2) is 4.79 Å². The smallest absolute Gasteiger partial charge is 0.323 e. The summed E-state index contributed by atoms with van der Waals surface area (Å²) < 4.78 is 0. The molecule has 2 bridgehead atoms. The number of hydrogen-bond donors (Lipinski definition) is 1. The van der Waals surface area contributed by atoms with Crippen molar-refractivity contribution in [2.24, 2.45) is 11.8 Å². The second kappa shape index (κ2) is 3.72. The van der Waals surface area contributed by atoms with Crippen LogP contribution in [0.25, 0.3) is 0 Å². The number of terminal acetylenes is 1. The lowest BCUT2D eigenvalue weighted by atomic mass is 9.86. The van der Waals surface area contributed by atoms with Crippen LogP contribution in [0.2, 0.25) is 0 Å². The van der Waals surface area contributed by atoms with E-state index < -0.39 is 5.54 Å². The summed E-state index contributed by atoms with van der Waals surface area (Å²) in [7, 11) is 2.07. The fourth-order valence-electron chi connectivity index (χ4n) is 3.86. The Labute approximate surface area is 106 Å². The first-order valence-electron chi connectivity index (χ1n) is 6.33. The molecule has 3 amide bonds. The van der Waals surface area contributed by atoms with E-state index >= 15 is 0 Å². The Morgan fingerprint density at radius 1 is 1.50 bits per heavy atom. The molecule has 3 atom stereocenters. The number of carbonyl (C=O) groups is 2. The third-order valence-electron chi connectivity index (χ3n) is 4.48. The van der Waals surface area contributed by atoms with E-state index in [1.54, 1.807) is 0 Å². The average Bonchev–Trinajstić information content (AvgIpc) is 2.69. The number of rotatable bonds is 1. The maximum absolute atomic E-state index is 12.5. The van der Waals surface area contributed by atoms with Gasteiger partial charge in [0.15, 0.2) is 0 Å². The van der Waals surface area contributed by atoms with Crippen molar-refractivity contribution in [3.8, 4) is 12.3 Å². The number of hydrogen-bond acceptors (Lipinski definition) is 3. The van der Waals surface area contributed by atoms with Gasteiger partial charge in [-0.2, -0.15) is 0 Å². The van der Waals surface area contributed by atoms with E-state index in [1.807, 2.05) is 0 Å². The first-order chi connectivity index (χ1) is 8.56. The van der Waals surface area contributed by atoms with Crippen LogP contribution in [-0.4, -0.2) is 54.0 Å². The third kappa shape index (κ3) is 1.39. The van der Waals surface area contributed by atoms with Gasteiger partial charge in [0.2, 0.25) is 0 Å². The van der Waals surface area contributed by atoms with Gasteiger partial charge in [0.1, 0.15) is 5.54 Å². The van der Waals surface area contributed by atoms with E-state index in [4.69, 9.17) is 6.42 Å². The van der Waals surface area contributed by atoms with Gasteiger partial charge >= 0.3 is 6.03 Å². The molecule has 2 saturated heterocycles. The van der Waals surface area contributed by atoms with Gasteiger partial charge in [-0.05, 0) is 25.8 Å². The molecule has 3 aliphatic rings. The van der Waals surface area contributed by atoms with E-state index in [0.717, 1.165) is 25.9 Å². The Bertz CT molecular complexity index is 456. The molecule has 1 aliphatic carbocycles. The number of imide groups is 1. The molecule has 1 N–H and O–H groups in total. The molecule has 3 fully saturated rings. The monoisotopic (exact) mass is 247 g/mol. The highest BCUT2D eigenvalue weighted by atomic mass is 16.2. The Morgan fingerprint density at radius 3 is 3.00 bits per heavy atom. The van der Waals surface area contributed by atoms with Crippen molar-refractivity contribution in [2.75, 3.05) is 26.7 Å². The molecule has 0 radical (unpaired) electrons. The topological polar surface area (TPSA) is 52.7 Å². The van der Waals surface area contributed by atoms with Gasteiger partial charge in [-0.1, -0.05) is 5.92 Å². The summed E-state index contributed by atoms with van der Waals surface area (Å²) in [4.78, 5) is 27.8. The second-order valence-corrected chi connectivity index (χ2v) is 5.72. The molecule has 18 heavy (non-hydrogen) atoms. The Kier molecular flexibility index (Phi) is 2.39. The quantitative estimate of drug-likeness (QED) is 0.519. The highest BCUT2D eigenvalue weighted by Crippen LogP contribution is 2.46. The molecule has 3 rings (SSSR count). The van der Waals surface area contributed by atoms with E-state index in [-0.39, 0.29) is 24.4 Å². The van der Waals surface area contributed by atoms with Crippen molar-refractivity contribution in [3.05, 3.63) is 0 Å². The summed E-state index contributed by atoms with van der Waals surface area (Å²) in [6.45, 7) is 1.95. The number of fused-ring (bicyclic) bond motifs is 3. The van der Waals surface area contributed by atoms with Gasteiger partial charge < -0.3 is 10.2 Å². The highest BCUT2D eigenvalue weighted by Gasteiger charge is 2.61. The fourth-order valence-corrected chi connectivity index (χ4v) is 3.86. The number of nitrogens with zero attached hydrogens (tertiary/aromatic N) is 2. The summed E-state index contributed by atoms with van der Waals surface area (Å²) >= 11 is 0. The number of nitrogens with one attached hydrogen (secondary N) is 1. The molecule has 0 aromatic carbocycles. The molecule has 3 unspecified atom stereocenters. The summed E-state index contributed by atoms with van der Waals surface area (Å²) in [6, 6.07) is -0.326. The van der Waals surface area contributed by atoms with Crippen LogP contribution in [0.1, 0.15) is 12.8 Å². The van der Waals surface area contributed by atoms with Gasteiger partial charge in [-0.15, -0.1) is 6.42 Å². The molecule has 1 spiro atoms. The fraction of sp³-hybridized carbons (Fsp3) is 0.692. The summed E-state index contributed by atoms with van der Waals surface area (Å²) in [5, 5.41) is 2.92. The highest BCUT2D eigenvalue weighted by molar-refractivity contribution is 6.07. The van der Waals surface area contributed by atoms with Crippen molar-refractivity contribution >= 4 is 11.9 Å². The maximum atomic E-state index is 12.5. The molecular weight excluding hydrogens is 230 g/mol. The molecular formula is C13H17N3O2. The molecule has 0 aromatic heterocycles. The Balaban J connectivity index is 1.91. The first kappa shape index (κ1) is 11.5. The van der Waals surface area contributed by atoms with Crippen LogP contribution in [0.4, 0.5) is 4.79 Å². The third-order valence-corrected chi connectivity index (χ3v) is 4.48. The predicted molar refractivity (Wildman–Crippen MR) is 65.5 cm³/mol. The van der Waals surface area contributed by atoms with Crippen LogP contribution in [-0.2, 0) is 4.79 Å². The summed E-state index contributed by atoms with van der Waals surface area (Å²) in [5.74, 6) is 2.99. The number of urea groups is 1. The zero-order valence-electron chi connectivity index (χ0n) is 10.5. The minimum Gasteiger partial charge on any atom is -0.323 e. The number of piperidine rings is 1. The van der Waals surface area contributed by atoms with Crippen LogP contribution in [0.15, 0.2) is 0 Å². The Hall–Kier alpha value is -1.54. The zero-order valence-corrected chi connectivity index (χ0v) is 10.5. The molecule has 2 aliphatic heterocycles. The van der Waals surface area contributed by atoms with E-state index in [2.05, 4.69) is 23.2 Å². The molecule has 96 valence electrons. The van der Waals surface area contributed by atoms with Crippen LogP contribution < -0.4 is 5.32 Å². The average molecular weight is 247 g/mol. The van der Waals surface area contributed by atoms with Crippen LogP contribution >= 0.6 is 0 Å². The molecule has 0 aromatic rings. The van der Waals surface area contributed by atoms with Crippen LogP contribution in [0, 0.1) is 24.2 Å². The minimum atomic E-state index is -0.677. The van der Waals surface area contributed by atoms with Crippen molar-refractivity contribution in [3.63, 3.8) is 0 Å². The lowest BCUT2D eigenvalue weighted by Gasteiger charge is -2.32. The lowest BCUT2D eigenvalue weighted by molar-refractivity contribution is -0.132. The number of likely N-dealkylation sites (tertiary alicyclic amines) is 1. The van der Waals surface area contributed by atoms with Gasteiger partial charge in [0, 0.05) is 19.0 Å². The molecule has 2 heterocycles. The molecule has 5 nitrogen and oxygen atoms in total. The summed E-state index contributed by atoms with van der Waals surface area (Å²) in [6.07, 6.45) is 7.00. The second-order valence-electron chi connectivity index (χ2n) is 5.72. The van der Waals surface area contributed by atoms with Gasteiger partial charge in [-0.3, -0.25) is 9.69 Å². The van der Waals surface area contributed by atoms with Crippen LogP contribution in [0.3, 0.4) is 0 Å². The van der Waals surface area contributed by atoms with E-state index in [9.17, 15) is 9.59 Å². The van der Waals surface area contributed by atoms with Crippen molar-refractivity contribution in [1.82, 2.24) is 15.1 Å². The number of amides is 3. The van der Waals surface area contributed by atoms with E-state index in [0.29, 0.717) is 5.92 Å². The summed E-state index contributed by atoms with van der Waals surface area (Å²) in [5.41, 5.74) is -0.677. The minimum absolute atomic E-state index is 0.0691. The van der Waals surface area contributed by atoms with E-state index in [1.165, 1.54) is 4.90 Å². The normalized spacial score (nSPS) is 39.2. The maximum Gasteiger partial charge on any atom is 0.325 e. The SMILES string of the molecule is C#CCN1C(=O)NC2(CC3CC2CN(C)C3)C1=O. The number of carbonyl (C=O) groups excluding carboxylic acids is 2. The van der Waals surface area contributed by atoms with Crippen molar-refractivity contribution in [1.29, 1.82) is 0 Å². The first-order valence-corrected chi connectivity index (χ1v) is 6.33. The molecule has 5 heteroatoms.